The van der Waals surface area contributed by atoms with E-state index in [2.05, 4.69) is 4.98 Å². The van der Waals surface area contributed by atoms with Crippen LogP contribution in [0.2, 0.25) is 0 Å². The molecule has 0 atom stereocenters. The summed E-state index contributed by atoms with van der Waals surface area (Å²) in [6.45, 7) is 1.94. The number of hydrogen-bond donors (Lipinski definition) is 0. The van der Waals surface area contributed by atoms with E-state index < -0.39 is 5.82 Å². The van der Waals surface area contributed by atoms with Gasteiger partial charge in [0.25, 0.3) is 0 Å². The zero-order chi connectivity index (χ0) is 14.1. The molecule has 0 radical (unpaired) electrons. The van der Waals surface area contributed by atoms with Gasteiger partial charge in [0.15, 0.2) is 6.29 Å². The fourth-order valence-corrected chi connectivity index (χ4v) is 2.29. The highest BCUT2D eigenvalue weighted by atomic mass is 19.1. The lowest BCUT2D eigenvalue weighted by Crippen LogP contribution is -1.90. The maximum absolute atomic E-state index is 13.2. The minimum atomic E-state index is -0.408. The molecule has 0 saturated carbocycles. The molecule has 2 aromatic carbocycles. The van der Waals surface area contributed by atoms with Crippen LogP contribution in [0.25, 0.3) is 22.0 Å². The Bertz CT molecular complexity index is 811. The van der Waals surface area contributed by atoms with Crippen LogP contribution in [0, 0.1) is 12.7 Å². The van der Waals surface area contributed by atoms with Gasteiger partial charge in [0.05, 0.1) is 5.52 Å². The molecule has 3 heteroatoms. The van der Waals surface area contributed by atoms with Crippen LogP contribution in [-0.4, -0.2) is 11.3 Å². The second kappa shape index (κ2) is 4.85. The van der Waals surface area contributed by atoms with Gasteiger partial charge in [0.2, 0.25) is 0 Å². The van der Waals surface area contributed by atoms with Gasteiger partial charge < -0.3 is 0 Å². The molecular formula is C17H12FNO. The molecule has 0 aliphatic heterocycles. The number of aryl methyl sites for hydroxylation is 1. The van der Waals surface area contributed by atoms with Crippen LogP contribution in [-0.2, 0) is 0 Å². The van der Waals surface area contributed by atoms with Crippen molar-refractivity contribution in [1.82, 2.24) is 4.98 Å². The Morgan fingerprint density at radius 3 is 2.70 bits per heavy atom. The van der Waals surface area contributed by atoms with Crippen molar-refractivity contribution in [1.29, 1.82) is 0 Å². The predicted molar refractivity (Wildman–Crippen MR) is 77.3 cm³/mol. The van der Waals surface area contributed by atoms with Gasteiger partial charge in [-0.2, -0.15) is 0 Å². The largest absolute Gasteiger partial charge is 0.298 e. The van der Waals surface area contributed by atoms with Gasteiger partial charge in [0.1, 0.15) is 5.82 Å². The molecule has 1 heterocycles. The fraction of sp³-hybridized carbons (Fsp3) is 0.0588. The highest BCUT2D eigenvalue weighted by Gasteiger charge is 2.07. The lowest BCUT2D eigenvalue weighted by Gasteiger charge is -2.07. The first-order valence-electron chi connectivity index (χ1n) is 6.30. The molecule has 0 amide bonds. The van der Waals surface area contributed by atoms with Crippen LogP contribution in [0.5, 0.6) is 0 Å². The van der Waals surface area contributed by atoms with Crippen molar-refractivity contribution in [2.24, 2.45) is 0 Å². The van der Waals surface area contributed by atoms with Gasteiger partial charge in [-0.25, -0.2) is 4.39 Å². The van der Waals surface area contributed by atoms with Crippen molar-refractivity contribution in [2.45, 2.75) is 6.92 Å². The number of carbonyl (C=O) groups is 1. The van der Waals surface area contributed by atoms with Crippen LogP contribution in [0.15, 0.2) is 48.5 Å². The number of rotatable bonds is 2. The van der Waals surface area contributed by atoms with E-state index in [0.29, 0.717) is 11.8 Å². The summed E-state index contributed by atoms with van der Waals surface area (Å²) in [5.41, 5.74) is 3.82. The number of carbonyl (C=O) groups excluding carboxylic acids is 1. The molecule has 0 aliphatic rings. The van der Waals surface area contributed by atoms with E-state index in [1.165, 1.54) is 12.1 Å². The molecule has 2 nitrogen and oxygen atoms in total. The second-order valence-electron chi connectivity index (χ2n) is 4.71. The number of halogens is 1. The number of aromatic nitrogens is 1. The number of benzene rings is 2. The number of fused-ring (bicyclic) bond motifs is 1. The van der Waals surface area contributed by atoms with E-state index >= 15 is 0 Å². The highest BCUT2D eigenvalue weighted by molar-refractivity contribution is 5.91. The third kappa shape index (κ3) is 2.18. The minimum absolute atomic E-state index is 0.351. The molecule has 3 rings (SSSR count). The Morgan fingerprint density at radius 2 is 1.90 bits per heavy atom. The average molecular weight is 265 g/mol. The Labute approximate surface area is 115 Å². The second-order valence-corrected chi connectivity index (χ2v) is 4.71. The van der Waals surface area contributed by atoms with E-state index in [4.69, 9.17) is 0 Å². The summed E-state index contributed by atoms with van der Waals surface area (Å²) in [4.78, 5) is 15.5. The normalized spacial score (nSPS) is 10.7. The van der Waals surface area contributed by atoms with Crippen molar-refractivity contribution < 1.29 is 9.18 Å². The monoisotopic (exact) mass is 265 g/mol. The van der Waals surface area contributed by atoms with Crippen molar-refractivity contribution >= 4 is 17.2 Å². The van der Waals surface area contributed by atoms with Crippen molar-refractivity contribution in [2.75, 3.05) is 0 Å². The Hall–Kier alpha value is -2.55. The van der Waals surface area contributed by atoms with E-state index in [-0.39, 0.29) is 0 Å². The van der Waals surface area contributed by atoms with Crippen molar-refractivity contribution in [3.63, 3.8) is 0 Å². The highest BCUT2D eigenvalue weighted by Crippen LogP contribution is 2.26. The first-order chi connectivity index (χ1) is 9.67. The Kier molecular flexibility index (Phi) is 3.03. The lowest BCUT2D eigenvalue weighted by atomic mass is 9.98. The van der Waals surface area contributed by atoms with Gasteiger partial charge in [-0.1, -0.05) is 18.2 Å². The minimum Gasteiger partial charge on any atom is -0.298 e. The van der Waals surface area contributed by atoms with Gasteiger partial charge >= 0.3 is 0 Å². The third-order valence-electron chi connectivity index (χ3n) is 3.28. The van der Waals surface area contributed by atoms with Gasteiger partial charge in [-0.05, 0) is 48.4 Å². The van der Waals surface area contributed by atoms with Gasteiger partial charge in [-0.3, -0.25) is 9.78 Å². The molecular weight excluding hydrogens is 253 g/mol. The zero-order valence-corrected chi connectivity index (χ0v) is 10.9. The molecule has 1 aromatic heterocycles. The van der Waals surface area contributed by atoms with E-state index in [1.54, 1.807) is 6.07 Å². The molecule has 0 aliphatic carbocycles. The first kappa shape index (κ1) is 12.5. The van der Waals surface area contributed by atoms with Gasteiger partial charge in [0, 0.05) is 16.6 Å². The van der Waals surface area contributed by atoms with Crippen LogP contribution in [0.3, 0.4) is 0 Å². The van der Waals surface area contributed by atoms with E-state index in [0.717, 1.165) is 27.7 Å². The van der Waals surface area contributed by atoms with Crippen LogP contribution >= 0.6 is 0 Å². The number of aldehydes is 1. The first-order valence-corrected chi connectivity index (χ1v) is 6.30. The molecule has 20 heavy (non-hydrogen) atoms. The van der Waals surface area contributed by atoms with E-state index in [1.807, 2.05) is 37.3 Å². The van der Waals surface area contributed by atoms with E-state index in [9.17, 15) is 9.18 Å². The zero-order valence-electron chi connectivity index (χ0n) is 10.9. The number of nitrogens with zero attached hydrogens (tertiary/aromatic N) is 1. The maximum atomic E-state index is 13.2. The molecule has 3 aromatic rings. The van der Waals surface area contributed by atoms with Crippen LogP contribution < -0.4 is 0 Å². The molecule has 0 N–H and O–H groups in total. The average Bonchev–Trinajstić information content (AvgIpc) is 2.46. The van der Waals surface area contributed by atoms with Crippen molar-refractivity contribution in [3.05, 3.63) is 65.6 Å². The standard InChI is InChI=1S/C17H12FNO/c1-11-2-3-13-8-12(4-7-17(13)19-11)16-6-5-15(18)9-14(16)10-20/h2-10H,1H3. The molecule has 0 saturated heterocycles. The third-order valence-corrected chi connectivity index (χ3v) is 3.28. The van der Waals surface area contributed by atoms with Crippen molar-refractivity contribution in [3.8, 4) is 11.1 Å². The van der Waals surface area contributed by atoms with Crippen LogP contribution in [0.1, 0.15) is 16.1 Å². The summed E-state index contributed by atoms with van der Waals surface area (Å²) in [6.07, 6.45) is 0.677. The Balaban J connectivity index is 2.19. The predicted octanol–water partition coefficient (Wildman–Crippen LogP) is 4.16. The summed E-state index contributed by atoms with van der Waals surface area (Å²) in [5, 5.41) is 0.995. The number of pyridine rings is 1. The maximum Gasteiger partial charge on any atom is 0.150 e. The van der Waals surface area contributed by atoms with Gasteiger partial charge in [-0.15, -0.1) is 0 Å². The molecule has 98 valence electrons. The summed E-state index contributed by atoms with van der Waals surface area (Å²) in [6, 6.07) is 13.9. The Morgan fingerprint density at radius 1 is 1.05 bits per heavy atom. The fourth-order valence-electron chi connectivity index (χ4n) is 2.29. The topological polar surface area (TPSA) is 30.0 Å². The number of hydrogen-bond acceptors (Lipinski definition) is 2. The van der Waals surface area contributed by atoms with Crippen LogP contribution in [0.4, 0.5) is 4.39 Å². The molecule has 0 bridgehead atoms. The summed E-state index contributed by atoms with van der Waals surface area (Å²) < 4.78 is 13.2. The molecule has 0 spiro atoms. The lowest BCUT2D eigenvalue weighted by molar-refractivity contribution is 0.112. The summed E-state index contributed by atoms with van der Waals surface area (Å²) >= 11 is 0. The molecule has 0 unspecified atom stereocenters. The summed E-state index contributed by atoms with van der Waals surface area (Å²) in [5.74, 6) is -0.408. The smallest absolute Gasteiger partial charge is 0.150 e. The summed E-state index contributed by atoms with van der Waals surface area (Å²) in [7, 11) is 0. The SMILES string of the molecule is Cc1ccc2cc(-c3ccc(F)cc3C=O)ccc2n1. The quantitative estimate of drug-likeness (QED) is 0.651. The molecule has 0 fully saturated rings.